The van der Waals surface area contributed by atoms with Crippen molar-refractivity contribution in [2.75, 3.05) is 26.4 Å². The van der Waals surface area contributed by atoms with Crippen LogP contribution in [0.3, 0.4) is 0 Å². The molecule has 1 aromatic rings. The quantitative estimate of drug-likeness (QED) is 0.133. The third-order valence-electron chi connectivity index (χ3n) is 5.98. The summed E-state index contributed by atoms with van der Waals surface area (Å²) < 4.78 is 31.0. The lowest BCUT2D eigenvalue weighted by molar-refractivity contribution is -0.139. The van der Waals surface area contributed by atoms with Gasteiger partial charge in [-0.05, 0) is 48.8 Å². The summed E-state index contributed by atoms with van der Waals surface area (Å²) in [5.74, 6) is -0.975. The molecule has 12 nitrogen and oxygen atoms in total. The Morgan fingerprint density at radius 3 is 1.83 bits per heavy atom. The number of carbonyl (C=O) groups excluding carboxylic acids is 3. The van der Waals surface area contributed by atoms with Crippen molar-refractivity contribution in [1.29, 1.82) is 0 Å². The molecule has 0 fully saturated rings. The lowest BCUT2D eigenvalue weighted by atomic mass is 10.0. The average Bonchev–Trinajstić information content (AvgIpc) is 2.92. The molecule has 12 heteroatoms. The number of hydrogen-bond donors (Lipinski definition) is 2. The first-order valence-corrected chi connectivity index (χ1v) is 14.0. The number of benzene rings is 1. The maximum Gasteiger partial charge on any atom is 0.513 e. The molecule has 0 saturated carbocycles. The summed E-state index contributed by atoms with van der Waals surface area (Å²) in [6.45, 7) is 13.7. The molecule has 0 aromatic heterocycles. The average molecular weight is 584 g/mol. The van der Waals surface area contributed by atoms with Crippen molar-refractivity contribution in [3.8, 4) is 11.5 Å². The standard InChI is InChI=1S/C29H45NO11/c1-8-19(5)16-37-28(34)40-24-11-10-22(13-25(24)41-29(35)38-17-20(6)9-2)12-23(26(31)32)30-14-21(7)39-27(33)36-15-18(3)4/h10-11,13,18-21,23,30H,8-9,12,14-17H2,1-7H3,(H,31,32)/t19?,20?,21?,23-/m0/s1. The second-order valence-corrected chi connectivity index (χ2v) is 10.5. The second kappa shape index (κ2) is 18.7. The van der Waals surface area contributed by atoms with Gasteiger partial charge in [-0.1, -0.05) is 60.5 Å². The van der Waals surface area contributed by atoms with Gasteiger partial charge in [0.25, 0.3) is 0 Å². The molecule has 232 valence electrons. The summed E-state index contributed by atoms with van der Waals surface area (Å²) in [7, 11) is 0. The van der Waals surface area contributed by atoms with Crippen LogP contribution in [0, 0.1) is 17.8 Å². The molecule has 0 aliphatic heterocycles. The molecule has 0 aliphatic carbocycles. The Morgan fingerprint density at radius 1 is 0.780 bits per heavy atom. The first kappa shape index (κ1) is 35.5. The summed E-state index contributed by atoms with van der Waals surface area (Å²) in [6.07, 6.45) is -1.88. The highest BCUT2D eigenvalue weighted by Crippen LogP contribution is 2.30. The summed E-state index contributed by atoms with van der Waals surface area (Å²) in [6, 6.07) is 3.23. The number of ether oxygens (including phenoxy) is 6. The number of hydrogen-bond acceptors (Lipinski definition) is 11. The lowest BCUT2D eigenvalue weighted by Gasteiger charge is -2.19. The third kappa shape index (κ3) is 15.1. The van der Waals surface area contributed by atoms with E-state index >= 15 is 0 Å². The van der Waals surface area contributed by atoms with Crippen LogP contribution in [0.25, 0.3) is 0 Å². The van der Waals surface area contributed by atoms with Gasteiger partial charge >= 0.3 is 24.4 Å². The molecule has 3 unspecified atom stereocenters. The Morgan fingerprint density at radius 2 is 1.32 bits per heavy atom. The van der Waals surface area contributed by atoms with Crippen molar-refractivity contribution in [2.24, 2.45) is 17.8 Å². The minimum atomic E-state index is -1.15. The van der Waals surface area contributed by atoms with E-state index in [1.807, 2.05) is 41.5 Å². The van der Waals surface area contributed by atoms with Gasteiger partial charge in [0, 0.05) is 6.54 Å². The molecular formula is C29H45NO11. The highest BCUT2D eigenvalue weighted by atomic mass is 16.7. The first-order valence-electron chi connectivity index (χ1n) is 14.0. The van der Waals surface area contributed by atoms with Crippen LogP contribution in [-0.2, 0) is 30.2 Å². The minimum Gasteiger partial charge on any atom is -0.480 e. The van der Waals surface area contributed by atoms with E-state index in [9.17, 15) is 24.3 Å². The highest BCUT2D eigenvalue weighted by Gasteiger charge is 2.23. The Bertz CT molecular complexity index is 982. The van der Waals surface area contributed by atoms with Gasteiger partial charge in [-0.2, -0.15) is 0 Å². The van der Waals surface area contributed by atoms with Crippen LogP contribution in [0.2, 0.25) is 0 Å². The Labute approximate surface area is 241 Å². The third-order valence-corrected chi connectivity index (χ3v) is 5.98. The zero-order chi connectivity index (χ0) is 30.9. The van der Waals surface area contributed by atoms with Crippen molar-refractivity contribution in [2.45, 2.75) is 79.9 Å². The summed E-state index contributed by atoms with van der Waals surface area (Å²) in [4.78, 5) is 48.3. The maximum atomic E-state index is 12.3. The second-order valence-electron chi connectivity index (χ2n) is 10.5. The number of nitrogens with one attached hydrogen (secondary N) is 1. The van der Waals surface area contributed by atoms with Crippen LogP contribution in [0.15, 0.2) is 18.2 Å². The van der Waals surface area contributed by atoms with E-state index in [4.69, 9.17) is 28.4 Å². The summed E-state index contributed by atoms with van der Waals surface area (Å²) in [5.41, 5.74) is 0.458. The highest BCUT2D eigenvalue weighted by molar-refractivity contribution is 5.74. The first-order chi connectivity index (χ1) is 19.3. The van der Waals surface area contributed by atoms with Crippen molar-refractivity contribution >= 4 is 24.4 Å². The lowest BCUT2D eigenvalue weighted by Crippen LogP contribution is -2.42. The smallest absolute Gasteiger partial charge is 0.480 e. The van der Waals surface area contributed by atoms with E-state index in [1.54, 1.807) is 6.92 Å². The van der Waals surface area contributed by atoms with E-state index < -0.39 is 36.6 Å². The Balaban J connectivity index is 2.97. The van der Waals surface area contributed by atoms with Crippen molar-refractivity contribution in [1.82, 2.24) is 5.32 Å². The number of carboxylic acids is 1. The largest absolute Gasteiger partial charge is 0.513 e. The van der Waals surface area contributed by atoms with E-state index in [-0.39, 0.29) is 62.0 Å². The molecular weight excluding hydrogens is 538 g/mol. The topological polar surface area (TPSA) is 156 Å². The molecule has 0 saturated heterocycles. The molecule has 0 aliphatic rings. The van der Waals surface area contributed by atoms with Gasteiger partial charge in [0.1, 0.15) is 12.1 Å². The zero-order valence-corrected chi connectivity index (χ0v) is 25.1. The van der Waals surface area contributed by atoms with Gasteiger partial charge in [0.05, 0.1) is 19.8 Å². The van der Waals surface area contributed by atoms with E-state index in [2.05, 4.69) is 5.32 Å². The maximum absolute atomic E-state index is 12.3. The fourth-order valence-corrected chi connectivity index (χ4v) is 3.00. The number of carbonyl (C=O) groups is 4. The Hall–Kier alpha value is -3.54. The van der Waals surface area contributed by atoms with Gasteiger partial charge < -0.3 is 38.8 Å². The van der Waals surface area contributed by atoms with Crippen LogP contribution in [0.4, 0.5) is 14.4 Å². The van der Waals surface area contributed by atoms with Crippen molar-refractivity contribution in [3.05, 3.63) is 23.8 Å². The fraction of sp³-hybridized carbons (Fsp3) is 0.655. The van der Waals surface area contributed by atoms with Crippen molar-refractivity contribution < 1.29 is 52.7 Å². The van der Waals surface area contributed by atoms with Crippen LogP contribution in [0.5, 0.6) is 11.5 Å². The SMILES string of the molecule is CCC(C)COC(=O)Oc1ccc(C[C@H](NCC(C)OC(=O)OCC(C)C)C(=O)O)cc1OC(=O)OCC(C)CC. The monoisotopic (exact) mass is 583 g/mol. The number of aliphatic carboxylic acids is 1. The molecule has 1 rings (SSSR count). The normalized spacial score (nSPS) is 13.9. The van der Waals surface area contributed by atoms with Crippen LogP contribution in [-0.4, -0.2) is 68.1 Å². The van der Waals surface area contributed by atoms with E-state index in [1.165, 1.54) is 18.2 Å². The molecule has 4 atom stereocenters. The molecule has 0 bridgehead atoms. The molecule has 0 heterocycles. The Kier molecular flexibility index (Phi) is 16.2. The number of rotatable bonds is 17. The van der Waals surface area contributed by atoms with Crippen LogP contribution >= 0.6 is 0 Å². The number of carboxylic acid groups (broad SMARTS) is 1. The molecule has 1 aromatic carbocycles. The predicted molar refractivity (Wildman–Crippen MR) is 149 cm³/mol. The van der Waals surface area contributed by atoms with E-state index in [0.29, 0.717) is 5.56 Å². The van der Waals surface area contributed by atoms with E-state index in [0.717, 1.165) is 12.8 Å². The van der Waals surface area contributed by atoms with Gasteiger partial charge in [-0.3, -0.25) is 4.79 Å². The predicted octanol–water partition coefficient (Wildman–Crippen LogP) is 5.59. The molecule has 41 heavy (non-hydrogen) atoms. The summed E-state index contributed by atoms with van der Waals surface area (Å²) in [5, 5.41) is 12.6. The van der Waals surface area contributed by atoms with Gasteiger partial charge in [0.15, 0.2) is 11.5 Å². The van der Waals surface area contributed by atoms with Gasteiger partial charge in [-0.15, -0.1) is 0 Å². The van der Waals surface area contributed by atoms with Crippen molar-refractivity contribution in [3.63, 3.8) is 0 Å². The van der Waals surface area contributed by atoms with Gasteiger partial charge in [0.2, 0.25) is 0 Å². The molecule has 2 N–H and O–H groups in total. The molecule has 0 radical (unpaired) electrons. The van der Waals surface area contributed by atoms with Gasteiger partial charge in [-0.25, -0.2) is 14.4 Å². The summed E-state index contributed by atoms with van der Waals surface area (Å²) >= 11 is 0. The van der Waals surface area contributed by atoms with Crippen LogP contribution in [0.1, 0.15) is 66.9 Å². The minimum absolute atomic E-state index is 0.0309. The van der Waals surface area contributed by atoms with Crippen LogP contribution < -0.4 is 14.8 Å². The fourth-order valence-electron chi connectivity index (χ4n) is 3.00. The molecule has 0 spiro atoms. The zero-order valence-electron chi connectivity index (χ0n) is 25.1. The molecule has 0 amide bonds.